The zero-order valence-corrected chi connectivity index (χ0v) is 18.3. The summed E-state index contributed by atoms with van der Waals surface area (Å²) in [5, 5.41) is 0.716. The molecule has 3 aromatic rings. The topological polar surface area (TPSA) is 90.3 Å². The third kappa shape index (κ3) is 4.99. The molecule has 0 unspecified atom stereocenters. The van der Waals surface area contributed by atoms with Crippen LogP contribution in [0.25, 0.3) is 22.2 Å². The summed E-state index contributed by atoms with van der Waals surface area (Å²) in [6, 6.07) is 7.97. The highest BCUT2D eigenvalue weighted by atomic mass is 35.5. The van der Waals surface area contributed by atoms with Gasteiger partial charge in [0.15, 0.2) is 0 Å². The zero-order chi connectivity index (χ0) is 22.0. The zero-order valence-electron chi connectivity index (χ0n) is 17.6. The number of aromatic nitrogens is 2. The standard InChI is InChI=1S/C23H27ClFN5O/c1-30-8-6-14(7-9-30)3-2-10-31-21-13-20-16(12-19(21)26)22(29-23(27)28-20)15-4-5-18(25)17(24)11-15/h4-5,11-14H,2-3,6-10,26H2,1H3,(H2,27,28,29). The van der Waals surface area contributed by atoms with Gasteiger partial charge in [-0.15, -0.1) is 0 Å². The number of halogens is 2. The number of nitrogens with two attached hydrogens (primary N) is 2. The van der Waals surface area contributed by atoms with Crippen molar-refractivity contribution < 1.29 is 9.13 Å². The number of benzene rings is 2. The minimum atomic E-state index is -0.493. The van der Waals surface area contributed by atoms with Gasteiger partial charge in [0.05, 0.1) is 28.5 Å². The van der Waals surface area contributed by atoms with Crippen molar-refractivity contribution in [3.63, 3.8) is 0 Å². The van der Waals surface area contributed by atoms with Gasteiger partial charge >= 0.3 is 0 Å². The molecule has 4 N–H and O–H groups in total. The first-order valence-electron chi connectivity index (χ1n) is 10.5. The molecule has 0 amide bonds. The van der Waals surface area contributed by atoms with Gasteiger partial charge in [0.1, 0.15) is 11.6 Å². The summed E-state index contributed by atoms with van der Waals surface area (Å²) in [7, 11) is 2.17. The molecule has 8 heteroatoms. The third-order valence-electron chi connectivity index (χ3n) is 5.89. The Morgan fingerprint density at radius 1 is 1.16 bits per heavy atom. The van der Waals surface area contributed by atoms with Crippen LogP contribution in [0.15, 0.2) is 30.3 Å². The summed E-state index contributed by atoms with van der Waals surface area (Å²) in [5.74, 6) is 0.969. The maximum Gasteiger partial charge on any atom is 0.221 e. The largest absolute Gasteiger partial charge is 0.491 e. The van der Waals surface area contributed by atoms with E-state index in [2.05, 4.69) is 21.9 Å². The van der Waals surface area contributed by atoms with E-state index in [1.54, 1.807) is 18.2 Å². The predicted octanol–water partition coefficient (Wildman–Crippen LogP) is 4.75. The molecule has 4 rings (SSSR count). The number of rotatable bonds is 6. The van der Waals surface area contributed by atoms with Crippen LogP contribution < -0.4 is 16.2 Å². The van der Waals surface area contributed by atoms with Gasteiger partial charge < -0.3 is 21.1 Å². The number of nitrogen functional groups attached to an aromatic ring is 2. The maximum atomic E-state index is 13.6. The Morgan fingerprint density at radius 2 is 1.94 bits per heavy atom. The molecular weight excluding hydrogens is 417 g/mol. The van der Waals surface area contributed by atoms with Crippen LogP contribution in [0.4, 0.5) is 16.0 Å². The molecule has 0 spiro atoms. The first-order valence-corrected chi connectivity index (χ1v) is 10.9. The third-order valence-corrected chi connectivity index (χ3v) is 6.18. The molecule has 31 heavy (non-hydrogen) atoms. The molecule has 0 bridgehead atoms. The minimum Gasteiger partial charge on any atom is -0.491 e. The van der Waals surface area contributed by atoms with Crippen LogP contribution in [0.2, 0.25) is 5.02 Å². The van der Waals surface area contributed by atoms with Crippen LogP contribution in [0.5, 0.6) is 5.75 Å². The summed E-state index contributed by atoms with van der Waals surface area (Å²) in [6.45, 7) is 2.95. The molecule has 6 nitrogen and oxygen atoms in total. The van der Waals surface area contributed by atoms with E-state index >= 15 is 0 Å². The quantitative estimate of drug-likeness (QED) is 0.422. The van der Waals surface area contributed by atoms with Crippen molar-refractivity contribution in [1.29, 1.82) is 0 Å². The lowest BCUT2D eigenvalue weighted by Gasteiger charge is -2.28. The van der Waals surface area contributed by atoms with Crippen LogP contribution in [0.3, 0.4) is 0 Å². The Balaban J connectivity index is 1.51. The van der Waals surface area contributed by atoms with Crippen molar-refractivity contribution >= 4 is 34.1 Å². The smallest absolute Gasteiger partial charge is 0.221 e. The number of hydrogen-bond acceptors (Lipinski definition) is 6. The van der Waals surface area contributed by atoms with Gasteiger partial charge in [0.25, 0.3) is 0 Å². The first kappa shape index (κ1) is 21.6. The number of likely N-dealkylation sites (tertiary alicyclic amines) is 1. The van der Waals surface area contributed by atoms with Gasteiger partial charge in [0.2, 0.25) is 5.95 Å². The molecule has 0 atom stereocenters. The number of piperidine rings is 1. The number of nitrogens with zero attached hydrogens (tertiary/aromatic N) is 3. The Morgan fingerprint density at radius 3 is 2.68 bits per heavy atom. The number of fused-ring (bicyclic) bond motifs is 1. The maximum absolute atomic E-state index is 13.6. The second kappa shape index (κ2) is 9.24. The van der Waals surface area contributed by atoms with Gasteiger partial charge in [-0.25, -0.2) is 14.4 Å². The van der Waals surface area contributed by atoms with Crippen LogP contribution in [-0.2, 0) is 0 Å². The highest BCUT2D eigenvalue weighted by molar-refractivity contribution is 6.31. The van der Waals surface area contributed by atoms with Crippen molar-refractivity contribution in [1.82, 2.24) is 14.9 Å². The average Bonchev–Trinajstić information content (AvgIpc) is 2.74. The molecule has 1 saturated heterocycles. The van der Waals surface area contributed by atoms with Gasteiger partial charge in [-0.2, -0.15) is 0 Å². The van der Waals surface area contributed by atoms with Crippen molar-refractivity contribution in [3.05, 3.63) is 41.2 Å². The fraction of sp³-hybridized carbons (Fsp3) is 0.391. The SMILES string of the molecule is CN1CCC(CCCOc2cc3nc(N)nc(-c4ccc(F)c(Cl)c4)c3cc2N)CC1. The molecule has 2 heterocycles. The van der Waals surface area contributed by atoms with E-state index in [1.165, 1.54) is 38.1 Å². The lowest BCUT2D eigenvalue weighted by molar-refractivity contribution is 0.201. The van der Waals surface area contributed by atoms with Crippen molar-refractivity contribution in [2.75, 3.05) is 38.2 Å². The molecule has 1 fully saturated rings. The molecular formula is C23H27ClFN5O. The number of hydrogen-bond donors (Lipinski definition) is 2. The van der Waals surface area contributed by atoms with Crippen LogP contribution in [-0.4, -0.2) is 41.6 Å². The van der Waals surface area contributed by atoms with Gasteiger partial charge in [-0.05, 0) is 76.0 Å². The number of ether oxygens (including phenoxy) is 1. The molecule has 0 radical (unpaired) electrons. The van der Waals surface area contributed by atoms with Gasteiger partial charge in [0, 0.05) is 17.0 Å². The normalized spacial score (nSPS) is 15.5. The van der Waals surface area contributed by atoms with Crippen molar-refractivity contribution in [2.45, 2.75) is 25.7 Å². The second-order valence-electron chi connectivity index (χ2n) is 8.20. The second-order valence-corrected chi connectivity index (χ2v) is 8.61. The van der Waals surface area contributed by atoms with E-state index in [0.29, 0.717) is 40.2 Å². The fourth-order valence-corrected chi connectivity index (χ4v) is 4.27. The highest BCUT2D eigenvalue weighted by Crippen LogP contribution is 2.34. The molecule has 1 aliphatic heterocycles. The van der Waals surface area contributed by atoms with E-state index in [1.807, 2.05) is 0 Å². The lowest BCUT2D eigenvalue weighted by atomic mass is 9.93. The highest BCUT2D eigenvalue weighted by Gasteiger charge is 2.17. The lowest BCUT2D eigenvalue weighted by Crippen LogP contribution is -2.30. The monoisotopic (exact) mass is 443 g/mol. The predicted molar refractivity (Wildman–Crippen MR) is 124 cm³/mol. The van der Waals surface area contributed by atoms with E-state index in [-0.39, 0.29) is 11.0 Å². The van der Waals surface area contributed by atoms with Gasteiger partial charge in [-0.3, -0.25) is 0 Å². The molecule has 0 saturated carbocycles. The van der Waals surface area contributed by atoms with E-state index in [9.17, 15) is 4.39 Å². The Bertz CT molecular complexity index is 1090. The Kier molecular flexibility index (Phi) is 6.43. The summed E-state index contributed by atoms with van der Waals surface area (Å²) in [6.07, 6.45) is 4.64. The summed E-state index contributed by atoms with van der Waals surface area (Å²) >= 11 is 5.95. The van der Waals surface area contributed by atoms with E-state index < -0.39 is 5.82 Å². The first-order chi connectivity index (χ1) is 14.9. The molecule has 1 aliphatic rings. The number of anilines is 2. The molecule has 164 valence electrons. The Hall–Kier alpha value is -2.64. The molecule has 2 aromatic carbocycles. The summed E-state index contributed by atoms with van der Waals surface area (Å²) in [5.41, 5.74) is 14.5. The molecule has 0 aliphatic carbocycles. The minimum absolute atomic E-state index is 0.0142. The fourth-order valence-electron chi connectivity index (χ4n) is 4.08. The van der Waals surface area contributed by atoms with Crippen LogP contribution in [0.1, 0.15) is 25.7 Å². The summed E-state index contributed by atoms with van der Waals surface area (Å²) < 4.78 is 19.6. The Labute approximate surface area is 186 Å². The van der Waals surface area contributed by atoms with E-state index in [4.69, 9.17) is 27.8 Å². The van der Waals surface area contributed by atoms with Crippen LogP contribution in [0, 0.1) is 11.7 Å². The molecule has 1 aromatic heterocycles. The van der Waals surface area contributed by atoms with Crippen molar-refractivity contribution in [3.8, 4) is 17.0 Å². The van der Waals surface area contributed by atoms with Crippen LogP contribution >= 0.6 is 11.6 Å². The van der Waals surface area contributed by atoms with Gasteiger partial charge in [-0.1, -0.05) is 11.6 Å². The average molecular weight is 444 g/mol. The van der Waals surface area contributed by atoms with E-state index in [0.717, 1.165) is 18.8 Å². The van der Waals surface area contributed by atoms with Crippen molar-refractivity contribution in [2.24, 2.45) is 5.92 Å². The summed E-state index contributed by atoms with van der Waals surface area (Å²) in [4.78, 5) is 11.0.